The fourth-order valence-electron chi connectivity index (χ4n) is 2.04. The average molecular weight is 229 g/mol. The van der Waals surface area contributed by atoms with E-state index in [1.165, 1.54) is 0 Å². The molecular weight excluding hydrogens is 206 g/mol. The van der Waals surface area contributed by atoms with Crippen molar-refractivity contribution in [3.05, 3.63) is 0 Å². The molecule has 1 saturated heterocycles. The summed E-state index contributed by atoms with van der Waals surface area (Å²) in [7, 11) is 2.10. The number of aliphatic carboxylic acids is 1. The van der Waals surface area contributed by atoms with Gasteiger partial charge in [0.15, 0.2) is 0 Å². The van der Waals surface area contributed by atoms with E-state index in [0.717, 1.165) is 26.2 Å². The van der Waals surface area contributed by atoms with Crippen LogP contribution in [0.2, 0.25) is 0 Å². The predicted molar refractivity (Wildman–Crippen MR) is 63.7 cm³/mol. The van der Waals surface area contributed by atoms with E-state index in [4.69, 9.17) is 0 Å². The molecule has 16 heavy (non-hydrogen) atoms. The molecule has 5 heteroatoms. The standard InChI is InChI=1S/C11H23N3O2/c1-4-12-11(2,10(15)16)9-14-7-5-13(3)6-8-14/h12H,4-9H2,1-3H3,(H,15,16). The van der Waals surface area contributed by atoms with E-state index in [0.29, 0.717) is 13.1 Å². The van der Waals surface area contributed by atoms with E-state index >= 15 is 0 Å². The first-order chi connectivity index (χ1) is 7.48. The first-order valence-corrected chi connectivity index (χ1v) is 5.87. The summed E-state index contributed by atoms with van der Waals surface area (Å²) in [4.78, 5) is 15.7. The van der Waals surface area contributed by atoms with Crippen LogP contribution in [-0.4, -0.2) is 72.7 Å². The summed E-state index contributed by atoms with van der Waals surface area (Å²) in [5.41, 5.74) is -0.829. The zero-order valence-corrected chi connectivity index (χ0v) is 10.5. The number of hydrogen-bond acceptors (Lipinski definition) is 4. The van der Waals surface area contributed by atoms with Crippen LogP contribution in [0.4, 0.5) is 0 Å². The molecule has 1 atom stereocenters. The Labute approximate surface area is 97.4 Å². The average Bonchev–Trinajstić information content (AvgIpc) is 2.22. The summed E-state index contributed by atoms with van der Waals surface area (Å²) < 4.78 is 0. The van der Waals surface area contributed by atoms with Crippen molar-refractivity contribution in [1.29, 1.82) is 0 Å². The first kappa shape index (κ1) is 13.4. The third kappa shape index (κ3) is 3.43. The number of nitrogens with one attached hydrogen (secondary N) is 1. The maximum Gasteiger partial charge on any atom is 0.324 e. The quantitative estimate of drug-likeness (QED) is 0.677. The Kier molecular flexibility index (Phi) is 4.70. The van der Waals surface area contributed by atoms with Crippen molar-refractivity contribution in [3.8, 4) is 0 Å². The number of nitrogens with zero attached hydrogens (tertiary/aromatic N) is 2. The zero-order chi connectivity index (χ0) is 12.2. The summed E-state index contributed by atoms with van der Waals surface area (Å²) >= 11 is 0. The van der Waals surface area contributed by atoms with Gasteiger partial charge in [-0.15, -0.1) is 0 Å². The second-order valence-corrected chi connectivity index (χ2v) is 4.75. The number of piperazine rings is 1. The number of carboxylic acids is 1. The van der Waals surface area contributed by atoms with Crippen molar-refractivity contribution in [2.24, 2.45) is 0 Å². The van der Waals surface area contributed by atoms with Gasteiger partial charge >= 0.3 is 5.97 Å². The Morgan fingerprint density at radius 1 is 1.38 bits per heavy atom. The molecule has 0 saturated carbocycles. The summed E-state index contributed by atoms with van der Waals surface area (Å²) in [6, 6.07) is 0. The molecule has 1 fully saturated rings. The van der Waals surface area contributed by atoms with Crippen LogP contribution in [0.25, 0.3) is 0 Å². The normalized spacial score (nSPS) is 22.9. The van der Waals surface area contributed by atoms with Gasteiger partial charge in [-0.2, -0.15) is 0 Å². The molecule has 1 aliphatic heterocycles. The highest BCUT2D eigenvalue weighted by molar-refractivity contribution is 5.78. The minimum absolute atomic E-state index is 0.573. The molecule has 0 amide bonds. The van der Waals surface area contributed by atoms with Crippen LogP contribution in [0.15, 0.2) is 0 Å². The van der Waals surface area contributed by atoms with Gasteiger partial charge in [-0.05, 0) is 20.5 Å². The first-order valence-electron chi connectivity index (χ1n) is 5.87. The molecule has 0 aliphatic carbocycles. The van der Waals surface area contributed by atoms with Gasteiger partial charge in [0.05, 0.1) is 0 Å². The predicted octanol–water partition coefficient (Wildman–Crippen LogP) is -0.313. The van der Waals surface area contributed by atoms with Crippen molar-refractivity contribution in [2.75, 3.05) is 46.3 Å². The maximum atomic E-state index is 11.2. The highest BCUT2D eigenvalue weighted by Crippen LogP contribution is 2.09. The smallest absolute Gasteiger partial charge is 0.324 e. The summed E-state index contributed by atoms with van der Waals surface area (Å²) in [6.45, 7) is 8.88. The Morgan fingerprint density at radius 2 is 1.94 bits per heavy atom. The van der Waals surface area contributed by atoms with Gasteiger partial charge in [0.25, 0.3) is 0 Å². The number of rotatable bonds is 5. The van der Waals surface area contributed by atoms with Gasteiger partial charge in [0.1, 0.15) is 5.54 Å². The van der Waals surface area contributed by atoms with Crippen molar-refractivity contribution in [3.63, 3.8) is 0 Å². The van der Waals surface area contributed by atoms with E-state index in [-0.39, 0.29) is 0 Å². The zero-order valence-electron chi connectivity index (χ0n) is 10.5. The lowest BCUT2D eigenvalue weighted by molar-refractivity contribution is -0.145. The second kappa shape index (κ2) is 5.61. The van der Waals surface area contributed by atoms with Crippen LogP contribution in [0, 0.1) is 0 Å². The minimum atomic E-state index is -0.829. The van der Waals surface area contributed by atoms with Gasteiger partial charge in [-0.3, -0.25) is 9.69 Å². The lowest BCUT2D eigenvalue weighted by Gasteiger charge is -2.37. The Hall–Kier alpha value is -0.650. The fourth-order valence-corrected chi connectivity index (χ4v) is 2.04. The van der Waals surface area contributed by atoms with Crippen molar-refractivity contribution >= 4 is 5.97 Å². The molecule has 5 nitrogen and oxygen atoms in total. The molecular formula is C11H23N3O2. The van der Waals surface area contributed by atoms with Crippen molar-refractivity contribution in [2.45, 2.75) is 19.4 Å². The molecule has 0 radical (unpaired) electrons. The number of likely N-dealkylation sites (N-methyl/N-ethyl adjacent to an activating group) is 2. The summed E-state index contributed by atoms with van der Waals surface area (Å²) in [6.07, 6.45) is 0. The highest BCUT2D eigenvalue weighted by Gasteiger charge is 2.34. The van der Waals surface area contributed by atoms with E-state index in [1.54, 1.807) is 6.92 Å². The van der Waals surface area contributed by atoms with Gasteiger partial charge in [0.2, 0.25) is 0 Å². The number of carbonyl (C=O) groups is 1. The molecule has 2 N–H and O–H groups in total. The largest absolute Gasteiger partial charge is 0.480 e. The van der Waals surface area contributed by atoms with Gasteiger partial charge in [-0.1, -0.05) is 6.92 Å². The molecule has 1 rings (SSSR count). The Morgan fingerprint density at radius 3 is 2.38 bits per heavy atom. The molecule has 1 unspecified atom stereocenters. The van der Waals surface area contributed by atoms with Crippen LogP contribution in [0.3, 0.4) is 0 Å². The molecule has 0 aromatic carbocycles. The summed E-state index contributed by atoms with van der Waals surface area (Å²) in [5.74, 6) is -0.770. The number of hydrogen-bond donors (Lipinski definition) is 2. The monoisotopic (exact) mass is 229 g/mol. The highest BCUT2D eigenvalue weighted by atomic mass is 16.4. The van der Waals surface area contributed by atoms with Gasteiger partial charge in [-0.25, -0.2) is 0 Å². The summed E-state index contributed by atoms with van der Waals surface area (Å²) in [5, 5.41) is 12.3. The van der Waals surface area contributed by atoms with Crippen LogP contribution < -0.4 is 5.32 Å². The molecule has 94 valence electrons. The van der Waals surface area contributed by atoms with Gasteiger partial charge in [0, 0.05) is 32.7 Å². The maximum absolute atomic E-state index is 11.2. The molecule has 1 aliphatic rings. The van der Waals surface area contributed by atoms with E-state index < -0.39 is 11.5 Å². The lowest BCUT2D eigenvalue weighted by atomic mass is 10.0. The van der Waals surface area contributed by atoms with Crippen LogP contribution >= 0.6 is 0 Å². The number of carboxylic acid groups (broad SMARTS) is 1. The Bertz CT molecular complexity index is 239. The van der Waals surface area contributed by atoms with Crippen molar-refractivity contribution in [1.82, 2.24) is 15.1 Å². The van der Waals surface area contributed by atoms with Crippen molar-refractivity contribution < 1.29 is 9.90 Å². The Balaban J connectivity index is 2.52. The van der Waals surface area contributed by atoms with E-state index in [9.17, 15) is 9.90 Å². The molecule has 0 bridgehead atoms. The fraction of sp³-hybridized carbons (Fsp3) is 0.909. The molecule has 0 aromatic heterocycles. The van der Waals surface area contributed by atoms with E-state index in [1.807, 2.05) is 6.92 Å². The lowest BCUT2D eigenvalue weighted by Crippen LogP contribution is -2.59. The third-order valence-electron chi connectivity index (χ3n) is 3.17. The van der Waals surface area contributed by atoms with Crippen LogP contribution in [0.1, 0.15) is 13.8 Å². The van der Waals surface area contributed by atoms with Crippen LogP contribution in [-0.2, 0) is 4.79 Å². The van der Waals surface area contributed by atoms with Gasteiger partial charge < -0.3 is 15.3 Å². The third-order valence-corrected chi connectivity index (χ3v) is 3.17. The van der Waals surface area contributed by atoms with E-state index in [2.05, 4.69) is 22.2 Å². The molecule has 0 aromatic rings. The molecule has 0 spiro atoms. The van der Waals surface area contributed by atoms with Crippen LogP contribution in [0.5, 0.6) is 0 Å². The topological polar surface area (TPSA) is 55.8 Å². The second-order valence-electron chi connectivity index (χ2n) is 4.75. The SMILES string of the molecule is CCNC(C)(CN1CCN(C)CC1)C(=O)O. The minimum Gasteiger partial charge on any atom is -0.480 e. The molecule has 1 heterocycles.